The molecule has 1 aromatic rings. The Morgan fingerprint density at radius 2 is 1.59 bits per heavy atom. The zero-order chi connectivity index (χ0) is 12.9. The van der Waals surface area contributed by atoms with Crippen LogP contribution in [0, 0.1) is 0 Å². The predicted octanol–water partition coefficient (Wildman–Crippen LogP) is 5.58. The molecule has 1 aromatic carbocycles. The Labute approximate surface area is 111 Å². The van der Waals surface area contributed by atoms with Gasteiger partial charge in [0.25, 0.3) is 0 Å². The first kappa shape index (κ1) is 14.6. The summed E-state index contributed by atoms with van der Waals surface area (Å²) < 4.78 is 0.313. The molecule has 0 aromatic heterocycles. The molecule has 1 rings (SSSR count). The fourth-order valence-corrected chi connectivity index (χ4v) is 3.37. The van der Waals surface area contributed by atoms with Gasteiger partial charge >= 0.3 is 0 Å². The van der Waals surface area contributed by atoms with E-state index in [1.807, 2.05) is 11.8 Å². The highest BCUT2D eigenvalue weighted by atomic mass is 32.2. The smallest absolute Gasteiger partial charge is 0.0400 e. The van der Waals surface area contributed by atoms with E-state index >= 15 is 0 Å². The zero-order valence-corrected chi connectivity index (χ0v) is 12.7. The Morgan fingerprint density at radius 3 is 1.94 bits per heavy atom. The molecule has 0 fully saturated rings. The SMILES string of the molecule is CCC(C)c1ccc(C(CC)(CC)SC)cc1. The molecule has 0 amide bonds. The summed E-state index contributed by atoms with van der Waals surface area (Å²) in [6.45, 7) is 9.14. The Balaban J connectivity index is 3.00. The molecule has 1 atom stereocenters. The Morgan fingerprint density at radius 1 is 1.06 bits per heavy atom. The van der Waals surface area contributed by atoms with E-state index in [0.29, 0.717) is 10.7 Å². The lowest BCUT2D eigenvalue weighted by Crippen LogP contribution is -2.19. The number of hydrogen-bond donors (Lipinski definition) is 0. The van der Waals surface area contributed by atoms with Gasteiger partial charge in [0.15, 0.2) is 0 Å². The molecular weight excluding hydrogens is 224 g/mol. The summed E-state index contributed by atoms with van der Waals surface area (Å²) in [6, 6.07) is 9.32. The molecule has 0 N–H and O–H groups in total. The van der Waals surface area contributed by atoms with Crippen LogP contribution in [0.3, 0.4) is 0 Å². The summed E-state index contributed by atoms with van der Waals surface area (Å²) in [7, 11) is 0. The van der Waals surface area contributed by atoms with Crippen LogP contribution in [0.15, 0.2) is 24.3 Å². The first-order chi connectivity index (χ1) is 8.13. The summed E-state index contributed by atoms with van der Waals surface area (Å²) in [4.78, 5) is 0. The van der Waals surface area contributed by atoms with Crippen molar-refractivity contribution >= 4 is 11.8 Å². The van der Waals surface area contributed by atoms with Crippen LogP contribution in [0.2, 0.25) is 0 Å². The lowest BCUT2D eigenvalue weighted by Gasteiger charge is -2.30. The summed E-state index contributed by atoms with van der Waals surface area (Å²) in [5.41, 5.74) is 2.96. The van der Waals surface area contributed by atoms with Crippen molar-refractivity contribution < 1.29 is 0 Å². The van der Waals surface area contributed by atoms with E-state index in [-0.39, 0.29) is 0 Å². The van der Waals surface area contributed by atoms with Gasteiger partial charge in [-0.3, -0.25) is 0 Å². The van der Waals surface area contributed by atoms with E-state index in [4.69, 9.17) is 0 Å². The number of rotatable bonds is 6. The standard InChI is InChI=1S/C16H26S/c1-6-13(4)14-9-11-15(12-10-14)16(7-2,8-3)17-5/h9-13H,6-8H2,1-5H3. The Kier molecular flexibility index (Phi) is 5.58. The second-order valence-electron chi connectivity index (χ2n) is 4.84. The molecule has 0 bridgehead atoms. The topological polar surface area (TPSA) is 0 Å². The van der Waals surface area contributed by atoms with Gasteiger partial charge in [0, 0.05) is 4.75 Å². The van der Waals surface area contributed by atoms with Crippen LogP contribution in [0.5, 0.6) is 0 Å². The molecule has 0 heterocycles. The molecule has 17 heavy (non-hydrogen) atoms. The second-order valence-corrected chi connectivity index (χ2v) is 6.03. The van der Waals surface area contributed by atoms with Crippen LogP contribution in [0.25, 0.3) is 0 Å². The largest absolute Gasteiger partial charge is 0.154 e. The van der Waals surface area contributed by atoms with Crippen LogP contribution in [-0.4, -0.2) is 6.26 Å². The lowest BCUT2D eigenvalue weighted by molar-refractivity contribution is 0.580. The van der Waals surface area contributed by atoms with E-state index in [0.717, 1.165) is 0 Å². The monoisotopic (exact) mass is 250 g/mol. The van der Waals surface area contributed by atoms with Gasteiger partial charge in [-0.2, -0.15) is 11.8 Å². The third-order valence-corrected chi connectivity index (χ3v) is 5.75. The van der Waals surface area contributed by atoms with Gasteiger partial charge in [0.2, 0.25) is 0 Å². The molecule has 0 nitrogen and oxygen atoms in total. The maximum absolute atomic E-state index is 2.34. The zero-order valence-electron chi connectivity index (χ0n) is 11.9. The average molecular weight is 250 g/mol. The van der Waals surface area contributed by atoms with Crippen LogP contribution in [0.1, 0.15) is 64.0 Å². The Bertz CT molecular complexity index is 314. The molecule has 0 aliphatic rings. The average Bonchev–Trinajstić information content (AvgIpc) is 2.41. The molecule has 0 radical (unpaired) electrons. The van der Waals surface area contributed by atoms with Crippen molar-refractivity contribution in [3.05, 3.63) is 35.4 Å². The van der Waals surface area contributed by atoms with E-state index in [9.17, 15) is 0 Å². The van der Waals surface area contributed by atoms with Crippen LogP contribution in [-0.2, 0) is 4.75 Å². The minimum Gasteiger partial charge on any atom is -0.154 e. The molecule has 0 spiro atoms. The van der Waals surface area contributed by atoms with Crippen LogP contribution >= 0.6 is 11.8 Å². The van der Waals surface area contributed by atoms with Gasteiger partial charge in [-0.25, -0.2) is 0 Å². The van der Waals surface area contributed by atoms with Crippen molar-refractivity contribution in [2.24, 2.45) is 0 Å². The van der Waals surface area contributed by atoms with Crippen molar-refractivity contribution in [3.63, 3.8) is 0 Å². The molecule has 96 valence electrons. The maximum atomic E-state index is 2.34. The second kappa shape index (κ2) is 6.49. The molecule has 1 unspecified atom stereocenters. The van der Waals surface area contributed by atoms with Gasteiger partial charge in [-0.15, -0.1) is 0 Å². The van der Waals surface area contributed by atoms with E-state index in [1.54, 1.807) is 0 Å². The predicted molar refractivity (Wildman–Crippen MR) is 80.9 cm³/mol. The highest BCUT2D eigenvalue weighted by Gasteiger charge is 2.26. The summed E-state index contributed by atoms with van der Waals surface area (Å²) >= 11 is 1.99. The highest BCUT2D eigenvalue weighted by molar-refractivity contribution is 7.99. The fourth-order valence-electron chi connectivity index (χ4n) is 2.42. The van der Waals surface area contributed by atoms with Crippen molar-refractivity contribution in [2.45, 2.75) is 57.6 Å². The van der Waals surface area contributed by atoms with Gasteiger partial charge in [-0.05, 0) is 42.6 Å². The molecule has 0 aliphatic heterocycles. The van der Waals surface area contributed by atoms with Crippen molar-refractivity contribution in [1.82, 2.24) is 0 Å². The fraction of sp³-hybridized carbons (Fsp3) is 0.625. The summed E-state index contributed by atoms with van der Waals surface area (Å²) in [5, 5.41) is 0. The van der Waals surface area contributed by atoms with Gasteiger partial charge in [0.1, 0.15) is 0 Å². The molecule has 0 aliphatic carbocycles. The van der Waals surface area contributed by atoms with Gasteiger partial charge in [0.05, 0.1) is 0 Å². The number of hydrogen-bond acceptors (Lipinski definition) is 1. The summed E-state index contributed by atoms with van der Waals surface area (Å²) in [6.07, 6.45) is 5.85. The minimum absolute atomic E-state index is 0.313. The van der Waals surface area contributed by atoms with Crippen molar-refractivity contribution in [3.8, 4) is 0 Å². The van der Waals surface area contributed by atoms with E-state index in [2.05, 4.69) is 58.2 Å². The normalized spacial score (nSPS) is 13.7. The third-order valence-electron chi connectivity index (χ3n) is 4.15. The van der Waals surface area contributed by atoms with Crippen LogP contribution < -0.4 is 0 Å². The third kappa shape index (κ3) is 3.07. The van der Waals surface area contributed by atoms with Crippen molar-refractivity contribution in [2.75, 3.05) is 6.26 Å². The molecule has 1 heteroatoms. The quantitative estimate of drug-likeness (QED) is 0.635. The highest BCUT2D eigenvalue weighted by Crippen LogP contribution is 2.41. The first-order valence-corrected chi connectivity index (χ1v) is 8.01. The van der Waals surface area contributed by atoms with E-state index in [1.165, 1.54) is 30.4 Å². The molecular formula is C16H26S. The Hall–Kier alpha value is -0.430. The van der Waals surface area contributed by atoms with Gasteiger partial charge in [-0.1, -0.05) is 52.0 Å². The van der Waals surface area contributed by atoms with Crippen LogP contribution in [0.4, 0.5) is 0 Å². The maximum Gasteiger partial charge on any atom is 0.0400 e. The lowest BCUT2D eigenvalue weighted by atomic mass is 9.90. The summed E-state index contributed by atoms with van der Waals surface area (Å²) in [5.74, 6) is 0.677. The minimum atomic E-state index is 0.313. The van der Waals surface area contributed by atoms with Gasteiger partial charge < -0.3 is 0 Å². The molecule has 0 saturated heterocycles. The number of benzene rings is 1. The van der Waals surface area contributed by atoms with E-state index < -0.39 is 0 Å². The molecule has 0 saturated carbocycles. The first-order valence-electron chi connectivity index (χ1n) is 6.79. The number of thioether (sulfide) groups is 1. The van der Waals surface area contributed by atoms with Crippen molar-refractivity contribution in [1.29, 1.82) is 0 Å².